The topological polar surface area (TPSA) is 40.5 Å². The fourth-order valence-corrected chi connectivity index (χ4v) is 2.58. The van der Waals surface area contributed by atoms with Gasteiger partial charge in [0, 0.05) is 11.7 Å². The van der Waals surface area contributed by atoms with Crippen LogP contribution in [0, 0.1) is 6.92 Å². The first-order chi connectivity index (χ1) is 10.0. The van der Waals surface area contributed by atoms with E-state index in [0.717, 1.165) is 12.1 Å². The number of anilines is 1. The lowest BCUT2D eigenvalue weighted by atomic mass is 10.1. The largest absolute Gasteiger partial charge is 0.480 e. The normalized spacial score (nSPS) is 12.1. The quantitative estimate of drug-likeness (QED) is 0.639. The predicted molar refractivity (Wildman–Crippen MR) is 89.0 cm³/mol. The van der Waals surface area contributed by atoms with Crippen LogP contribution in [0.25, 0.3) is 0 Å². The van der Waals surface area contributed by atoms with Crippen LogP contribution in [-0.4, -0.2) is 23.7 Å². The summed E-state index contributed by atoms with van der Waals surface area (Å²) < 4.78 is 0. The zero-order valence-corrected chi connectivity index (χ0v) is 13.6. The molecule has 0 aliphatic carbocycles. The Morgan fingerprint density at radius 2 is 1.76 bits per heavy atom. The summed E-state index contributed by atoms with van der Waals surface area (Å²) in [5, 5.41) is 9.15. The molecule has 0 spiro atoms. The van der Waals surface area contributed by atoms with Crippen molar-refractivity contribution in [1.29, 1.82) is 0 Å². The number of rotatable bonds is 10. The van der Waals surface area contributed by atoms with Gasteiger partial charge in [-0.3, -0.25) is 4.79 Å². The maximum atomic E-state index is 11.1. The van der Waals surface area contributed by atoms with Gasteiger partial charge in [0.25, 0.3) is 0 Å². The second-order valence-corrected chi connectivity index (χ2v) is 5.91. The first kappa shape index (κ1) is 17.5. The van der Waals surface area contributed by atoms with Crippen LogP contribution in [0.5, 0.6) is 0 Å². The average molecular weight is 291 g/mol. The van der Waals surface area contributed by atoms with Crippen molar-refractivity contribution in [2.45, 2.75) is 65.3 Å². The summed E-state index contributed by atoms with van der Waals surface area (Å²) in [6.07, 6.45) is 7.29. The minimum atomic E-state index is -0.770. The Kier molecular flexibility index (Phi) is 7.88. The van der Waals surface area contributed by atoms with Gasteiger partial charge in [0.05, 0.1) is 0 Å². The molecule has 0 radical (unpaired) electrons. The summed E-state index contributed by atoms with van der Waals surface area (Å²) in [5.74, 6) is -0.770. The highest BCUT2D eigenvalue weighted by Crippen LogP contribution is 2.20. The summed E-state index contributed by atoms with van der Waals surface area (Å²) in [5.41, 5.74) is 2.20. The molecule has 0 bridgehead atoms. The van der Waals surface area contributed by atoms with E-state index < -0.39 is 5.97 Å². The molecular weight excluding hydrogens is 262 g/mol. The van der Waals surface area contributed by atoms with Crippen LogP contribution < -0.4 is 4.90 Å². The van der Waals surface area contributed by atoms with Gasteiger partial charge < -0.3 is 10.0 Å². The van der Waals surface area contributed by atoms with Crippen molar-refractivity contribution in [3.05, 3.63) is 29.8 Å². The van der Waals surface area contributed by atoms with Crippen molar-refractivity contribution in [2.24, 2.45) is 0 Å². The van der Waals surface area contributed by atoms with E-state index in [1.54, 1.807) is 0 Å². The number of aliphatic carboxylic acids is 1. The third kappa shape index (κ3) is 6.65. The molecule has 0 heterocycles. The van der Waals surface area contributed by atoms with E-state index in [0.29, 0.717) is 0 Å². The molecule has 1 aromatic carbocycles. The number of unbranched alkanes of at least 4 members (excludes halogenated alkanes) is 4. The van der Waals surface area contributed by atoms with Crippen LogP contribution in [0.3, 0.4) is 0 Å². The van der Waals surface area contributed by atoms with Gasteiger partial charge >= 0.3 is 5.97 Å². The Labute approximate surface area is 129 Å². The highest BCUT2D eigenvalue weighted by atomic mass is 16.4. The van der Waals surface area contributed by atoms with Crippen LogP contribution in [0.2, 0.25) is 0 Å². The fraction of sp³-hybridized carbons (Fsp3) is 0.611. The zero-order valence-electron chi connectivity index (χ0n) is 13.6. The summed E-state index contributed by atoms with van der Waals surface area (Å²) in [6.45, 7) is 6.46. The van der Waals surface area contributed by atoms with E-state index in [9.17, 15) is 4.79 Å². The molecule has 1 N–H and O–H groups in total. The van der Waals surface area contributed by atoms with Crippen molar-refractivity contribution in [3.8, 4) is 0 Å². The lowest BCUT2D eigenvalue weighted by molar-refractivity contribution is -0.135. The standard InChI is InChI=1S/C18H29NO2/c1-4-5-6-7-8-9-16(3)19(14-18(20)21)17-12-10-15(2)11-13-17/h10-13,16H,4-9,14H2,1-3H3,(H,20,21). The highest BCUT2D eigenvalue weighted by molar-refractivity contribution is 5.74. The molecule has 0 amide bonds. The van der Waals surface area contributed by atoms with E-state index in [2.05, 4.69) is 13.8 Å². The summed E-state index contributed by atoms with van der Waals surface area (Å²) in [7, 11) is 0. The predicted octanol–water partition coefficient (Wildman–Crippen LogP) is 4.64. The summed E-state index contributed by atoms with van der Waals surface area (Å²) >= 11 is 0. The smallest absolute Gasteiger partial charge is 0.323 e. The minimum absolute atomic E-state index is 0.0686. The SMILES string of the molecule is CCCCCCCC(C)N(CC(=O)O)c1ccc(C)cc1. The van der Waals surface area contributed by atoms with Crippen molar-refractivity contribution in [1.82, 2.24) is 0 Å². The molecule has 3 nitrogen and oxygen atoms in total. The van der Waals surface area contributed by atoms with E-state index >= 15 is 0 Å². The second-order valence-electron chi connectivity index (χ2n) is 5.91. The van der Waals surface area contributed by atoms with Crippen molar-refractivity contribution >= 4 is 11.7 Å². The number of carboxylic acid groups (broad SMARTS) is 1. The molecule has 0 saturated heterocycles. The van der Waals surface area contributed by atoms with Gasteiger partial charge in [-0.25, -0.2) is 0 Å². The number of hydrogen-bond donors (Lipinski definition) is 1. The lowest BCUT2D eigenvalue weighted by Crippen LogP contribution is -2.37. The first-order valence-electron chi connectivity index (χ1n) is 8.09. The molecule has 1 aromatic rings. The summed E-state index contributed by atoms with van der Waals surface area (Å²) in [6, 6.07) is 8.37. The minimum Gasteiger partial charge on any atom is -0.480 e. The summed E-state index contributed by atoms with van der Waals surface area (Å²) in [4.78, 5) is 13.1. The van der Waals surface area contributed by atoms with Gasteiger partial charge in [-0.2, -0.15) is 0 Å². The van der Waals surface area contributed by atoms with Gasteiger partial charge in [-0.15, -0.1) is 0 Å². The number of nitrogens with zero attached hydrogens (tertiary/aromatic N) is 1. The molecular formula is C18H29NO2. The molecule has 0 fully saturated rings. The molecule has 3 heteroatoms. The number of benzene rings is 1. The molecule has 1 atom stereocenters. The Morgan fingerprint density at radius 1 is 1.14 bits per heavy atom. The average Bonchev–Trinajstić information content (AvgIpc) is 2.45. The van der Waals surface area contributed by atoms with E-state index in [1.165, 1.54) is 37.7 Å². The highest BCUT2D eigenvalue weighted by Gasteiger charge is 2.17. The van der Waals surface area contributed by atoms with Gasteiger partial charge in [-0.05, 0) is 32.4 Å². The first-order valence-corrected chi connectivity index (χ1v) is 8.09. The van der Waals surface area contributed by atoms with E-state index in [-0.39, 0.29) is 12.6 Å². The van der Waals surface area contributed by atoms with E-state index in [1.807, 2.05) is 36.1 Å². The maximum Gasteiger partial charge on any atom is 0.323 e. The Bertz CT molecular complexity index is 414. The molecule has 1 unspecified atom stereocenters. The van der Waals surface area contributed by atoms with Crippen molar-refractivity contribution in [3.63, 3.8) is 0 Å². The molecule has 1 rings (SSSR count). The monoisotopic (exact) mass is 291 g/mol. The second kappa shape index (κ2) is 9.43. The molecule has 0 saturated carbocycles. The van der Waals surface area contributed by atoms with Crippen molar-refractivity contribution < 1.29 is 9.90 Å². The molecule has 118 valence electrons. The van der Waals surface area contributed by atoms with Gasteiger partial charge in [0.15, 0.2) is 0 Å². The number of carbonyl (C=O) groups is 1. The van der Waals surface area contributed by atoms with E-state index in [4.69, 9.17) is 5.11 Å². The molecule has 21 heavy (non-hydrogen) atoms. The number of hydrogen-bond acceptors (Lipinski definition) is 2. The Balaban J connectivity index is 2.59. The Morgan fingerprint density at radius 3 is 2.33 bits per heavy atom. The van der Waals surface area contributed by atoms with Crippen LogP contribution in [0.1, 0.15) is 57.9 Å². The lowest BCUT2D eigenvalue weighted by Gasteiger charge is -2.30. The van der Waals surface area contributed by atoms with Crippen LogP contribution in [0.4, 0.5) is 5.69 Å². The number of carboxylic acids is 1. The van der Waals surface area contributed by atoms with Crippen LogP contribution in [0.15, 0.2) is 24.3 Å². The fourth-order valence-electron chi connectivity index (χ4n) is 2.58. The van der Waals surface area contributed by atoms with Crippen LogP contribution >= 0.6 is 0 Å². The Hall–Kier alpha value is -1.51. The molecule has 0 aliphatic rings. The third-order valence-corrected chi connectivity index (χ3v) is 3.93. The van der Waals surface area contributed by atoms with Gasteiger partial charge in [0.2, 0.25) is 0 Å². The zero-order chi connectivity index (χ0) is 15.7. The van der Waals surface area contributed by atoms with Crippen LogP contribution in [-0.2, 0) is 4.79 Å². The van der Waals surface area contributed by atoms with Crippen molar-refractivity contribution in [2.75, 3.05) is 11.4 Å². The van der Waals surface area contributed by atoms with Gasteiger partial charge in [0.1, 0.15) is 6.54 Å². The maximum absolute atomic E-state index is 11.1. The number of aryl methyl sites for hydroxylation is 1. The third-order valence-electron chi connectivity index (χ3n) is 3.93. The van der Waals surface area contributed by atoms with Gasteiger partial charge in [-0.1, -0.05) is 56.7 Å². The molecule has 0 aromatic heterocycles. The molecule has 0 aliphatic heterocycles.